The van der Waals surface area contributed by atoms with E-state index in [-0.39, 0.29) is 0 Å². The highest BCUT2D eigenvalue weighted by Gasteiger charge is 2.00. The van der Waals surface area contributed by atoms with Gasteiger partial charge in [-0.3, -0.25) is 0 Å². The third-order valence-electron chi connectivity index (χ3n) is 2.62. The van der Waals surface area contributed by atoms with Crippen molar-refractivity contribution in [2.75, 3.05) is 0 Å². The summed E-state index contributed by atoms with van der Waals surface area (Å²) in [6.07, 6.45) is 4.75. The maximum absolute atomic E-state index is 5.65. The third kappa shape index (κ3) is 2.42. The molecule has 0 aliphatic carbocycles. The molecule has 0 saturated heterocycles. The first-order valence-electron chi connectivity index (χ1n) is 5.47. The molecule has 1 aromatic heterocycles. The summed E-state index contributed by atoms with van der Waals surface area (Å²) in [4.78, 5) is 4.20. The zero-order valence-corrected chi connectivity index (χ0v) is 9.68. The van der Waals surface area contributed by atoms with Crippen molar-refractivity contribution in [1.82, 2.24) is 9.55 Å². The molecule has 0 spiro atoms. The zero-order chi connectivity index (χ0) is 11.4. The van der Waals surface area contributed by atoms with Crippen LogP contribution in [0.5, 0.6) is 5.75 Å². The Morgan fingerprint density at radius 2 is 2.00 bits per heavy atom. The van der Waals surface area contributed by atoms with E-state index in [0.717, 1.165) is 18.0 Å². The van der Waals surface area contributed by atoms with Crippen molar-refractivity contribution >= 4 is 0 Å². The van der Waals surface area contributed by atoms with E-state index in [9.17, 15) is 0 Å². The molecule has 16 heavy (non-hydrogen) atoms. The normalized spacial score (nSPS) is 10.4. The van der Waals surface area contributed by atoms with Gasteiger partial charge in [0.15, 0.2) is 0 Å². The summed E-state index contributed by atoms with van der Waals surface area (Å²) in [7, 11) is 1.96. The van der Waals surface area contributed by atoms with Gasteiger partial charge in [0.25, 0.3) is 0 Å². The maximum Gasteiger partial charge on any atom is 0.146 e. The zero-order valence-electron chi connectivity index (χ0n) is 9.68. The molecule has 0 amide bonds. The molecule has 84 valence electrons. The smallest absolute Gasteiger partial charge is 0.146 e. The first kappa shape index (κ1) is 10.7. The molecule has 0 N–H and O–H groups in total. The van der Waals surface area contributed by atoms with Crippen molar-refractivity contribution < 1.29 is 4.74 Å². The Balaban J connectivity index is 1.97. The van der Waals surface area contributed by atoms with E-state index in [4.69, 9.17) is 4.74 Å². The lowest BCUT2D eigenvalue weighted by atomic mass is 10.2. The van der Waals surface area contributed by atoms with E-state index >= 15 is 0 Å². The maximum atomic E-state index is 5.65. The first-order chi connectivity index (χ1) is 7.79. The van der Waals surface area contributed by atoms with Crippen LogP contribution in [0.25, 0.3) is 0 Å². The van der Waals surface area contributed by atoms with E-state index in [1.165, 1.54) is 5.56 Å². The molecule has 0 radical (unpaired) electrons. The Morgan fingerprint density at radius 1 is 1.25 bits per heavy atom. The Hall–Kier alpha value is -1.77. The van der Waals surface area contributed by atoms with E-state index in [1.807, 2.05) is 29.9 Å². The average molecular weight is 216 g/mol. The van der Waals surface area contributed by atoms with Crippen LogP contribution >= 0.6 is 0 Å². The van der Waals surface area contributed by atoms with E-state index in [1.54, 1.807) is 6.20 Å². The van der Waals surface area contributed by atoms with Crippen molar-refractivity contribution in [1.29, 1.82) is 0 Å². The van der Waals surface area contributed by atoms with Crippen LogP contribution in [0.4, 0.5) is 0 Å². The molecular formula is C13H16N2O. The fourth-order valence-electron chi connectivity index (χ4n) is 1.50. The van der Waals surface area contributed by atoms with Crippen LogP contribution in [-0.4, -0.2) is 9.55 Å². The number of rotatable bonds is 4. The number of ether oxygens (including phenoxy) is 1. The minimum absolute atomic E-state index is 0.509. The lowest BCUT2D eigenvalue weighted by Gasteiger charge is -2.06. The fraction of sp³-hybridized carbons (Fsp3) is 0.308. The number of hydrogen-bond acceptors (Lipinski definition) is 2. The summed E-state index contributed by atoms with van der Waals surface area (Å²) in [5.41, 5.74) is 1.32. The lowest BCUT2D eigenvalue weighted by molar-refractivity contribution is 0.292. The van der Waals surface area contributed by atoms with Gasteiger partial charge in [-0.05, 0) is 24.1 Å². The molecule has 0 atom stereocenters. The molecule has 0 aliphatic heterocycles. The van der Waals surface area contributed by atoms with E-state index in [0.29, 0.717) is 6.61 Å². The molecule has 2 rings (SSSR count). The lowest BCUT2D eigenvalue weighted by Crippen LogP contribution is -2.02. The SMILES string of the molecule is CCc1ccc(OCc2nccn2C)cc1. The van der Waals surface area contributed by atoms with Crippen LogP contribution in [0.15, 0.2) is 36.7 Å². The molecule has 3 nitrogen and oxygen atoms in total. The molecule has 0 bridgehead atoms. The van der Waals surface area contributed by atoms with Crippen molar-refractivity contribution in [2.24, 2.45) is 7.05 Å². The highest BCUT2D eigenvalue weighted by atomic mass is 16.5. The summed E-state index contributed by atoms with van der Waals surface area (Å²) < 4.78 is 7.61. The number of hydrogen-bond donors (Lipinski definition) is 0. The van der Waals surface area contributed by atoms with Gasteiger partial charge in [-0.25, -0.2) is 4.98 Å². The second kappa shape index (κ2) is 4.84. The molecule has 0 unspecified atom stereocenters. The van der Waals surface area contributed by atoms with Gasteiger partial charge in [-0.15, -0.1) is 0 Å². The van der Waals surface area contributed by atoms with E-state index in [2.05, 4.69) is 24.0 Å². The van der Waals surface area contributed by atoms with Gasteiger partial charge >= 0.3 is 0 Å². The second-order valence-electron chi connectivity index (χ2n) is 3.74. The summed E-state index contributed by atoms with van der Waals surface area (Å²) in [6.45, 7) is 2.65. The predicted octanol–water partition coefficient (Wildman–Crippen LogP) is 2.56. The van der Waals surface area contributed by atoms with Crippen molar-refractivity contribution in [3.8, 4) is 5.75 Å². The molecule has 3 heteroatoms. The molecule has 2 aromatic rings. The van der Waals surface area contributed by atoms with Gasteiger partial charge in [0, 0.05) is 19.4 Å². The quantitative estimate of drug-likeness (QED) is 0.785. The van der Waals surface area contributed by atoms with Gasteiger partial charge in [-0.1, -0.05) is 19.1 Å². The Labute approximate surface area is 95.7 Å². The fourth-order valence-corrected chi connectivity index (χ4v) is 1.50. The molecule has 0 fully saturated rings. The Bertz CT molecular complexity index is 445. The summed E-state index contributed by atoms with van der Waals surface area (Å²) >= 11 is 0. The van der Waals surface area contributed by atoms with Crippen LogP contribution in [-0.2, 0) is 20.1 Å². The van der Waals surface area contributed by atoms with Gasteiger partial charge in [0.05, 0.1) is 0 Å². The van der Waals surface area contributed by atoms with Gasteiger partial charge in [-0.2, -0.15) is 0 Å². The number of aryl methyl sites for hydroxylation is 2. The second-order valence-corrected chi connectivity index (χ2v) is 3.74. The minimum Gasteiger partial charge on any atom is -0.486 e. The standard InChI is InChI=1S/C13H16N2O/c1-3-11-4-6-12(7-5-11)16-10-13-14-8-9-15(13)2/h4-9H,3,10H2,1-2H3. The summed E-state index contributed by atoms with van der Waals surface area (Å²) in [5, 5.41) is 0. The summed E-state index contributed by atoms with van der Waals surface area (Å²) in [5.74, 6) is 1.82. The molecule has 0 saturated carbocycles. The van der Waals surface area contributed by atoms with Crippen LogP contribution in [0.3, 0.4) is 0 Å². The largest absolute Gasteiger partial charge is 0.486 e. The average Bonchev–Trinajstić information content (AvgIpc) is 2.73. The monoisotopic (exact) mass is 216 g/mol. The Morgan fingerprint density at radius 3 is 2.56 bits per heavy atom. The first-order valence-corrected chi connectivity index (χ1v) is 5.47. The molecule has 1 aromatic carbocycles. The minimum atomic E-state index is 0.509. The summed E-state index contributed by atoms with van der Waals surface area (Å²) in [6, 6.07) is 8.19. The van der Waals surface area contributed by atoms with Crippen LogP contribution < -0.4 is 4.74 Å². The van der Waals surface area contributed by atoms with Crippen molar-refractivity contribution in [3.05, 3.63) is 48.0 Å². The predicted molar refractivity (Wildman–Crippen MR) is 63.4 cm³/mol. The molecule has 1 heterocycles. The molecule has 0 aliphatic rings. The Kier molecular flexibility index (Phi) is 3.25. The van der Waals surface area contributed by atoms with Crippen molar-refractivity contribution in [2.45, 2.75) is 20.0 Å². The molecular weight excluding hydrogens is 200 g/mol. The van der Waals surface area contributed by atoms with Crippen LogP contribution in [0, 0.1) is 0 Å². The van der Waals surface area contributed by atoms with Gasteiger partial charge in [0.1, 0.15) is 18.2 Å². The number of nitrogens with zero attached hydrogens (tertiary/aromatic N) is 2. The van der Waals surface area contributed by atoms with Crippen molar-refractivity contribution in [3.63, 3.8) is 0 Å². The van der Waals surface area contributed by atoms with Gasteiger partial charge < -0.3 is 9.30 Å². The highest BCUT2D eigenvalue weighted by molar-refractivity contribution is 5.27. The highest BCUT2D eigenvalue weighted by Crippen LogP contribution is 2.13. The third-order valence-corrected chi connectivity index (χ3v) is 2.62. The van der Waals surface area contributed by atoms with Gasteiger partial charge in [0.2, 0.25) is 0 Å². The van der Waals surface area contributed by atoms with Crippen LogP contribution in [0.2, 0.25) is 0 Å². The van der Waals surface area contributed by atoms with E-state index < -0.39 is 0 Å². The number of benzene rings is 1. The number of aromatic nitrogens is 2. The topological polar surface area (TPSA) is 27.1 Å². The number of imidazole rings is 1. The van der Waals surface area contributed by atoms with Crippen LogP contribution in [0.1, 0.15) is 18.3 Å².